The molecule has 1 fully saturated rings. The number of aromatic nitrogens is 2. The van der Waals surface area contributed by atoms with Crippen molar-refractivity contribution < 1.29 is 23.7 Å². The number of carbonyl (C=O) groups is 1. The lowest BCUT2D eigenvalue weighted by Crippen LogP contribution is -2.29. The molecule has 2 aliphatic heterocycles. The van der Waals surface area contributed by atoms with Crippen LogP contribution in [0.1, 0.15) is 41.9 Å². The molecule has 2 N–H and O–H groups in total. The summed E-state index contributed by atoms with van der Waals surface area (Å²) < 4.78 is 22.0. The number of hydrogen-bond donors (Lipinski definition) is 2. The highest BCUT2D eigenvalue weighted by atomic mass is 16.7. The molecule has 2 aliphatic rings. The number of nitrogens with zero attached hydrogens (tertiary/aromatic N) is 1. The maximum Gasteiger partial charge on any atom is 0.271 e. The summed E-state index contributed by atoms with van der Waals surface area (Å²) in [4.78, 5) is 12.2. The Morgan fingerprint density at radius 2 is 2.19 bits per heavy atom. The monoisotopic (exact) mass is 373 g/mol. The maximum atomic E-state index is 12.2. The molecular formula is C19H23N3O5. The van der Waals surface area contributed by atoms with Gasteiger partial charge in [0.05, 0.1) is 11.8 Å². The van der Waals surface area contributed by atoms with Crippen molar-refractivity contribution in [1.82, 2.24) is 15.5 Å². The normalized spacial score (nSPS) is 18.3. The van der Waals surface area contributed by atoms with E-state index in [2.05, 4.69) is 15.5 Å². The Hall–Kier alpha value is -2.74. The molecular weight excluding hydrogens is 350 g/mol. The van der Waals surface area contributed by atoms with Gasteiger partial charge in [0.25, 0.3) is 5.91 Å². The molecule has 1 atom stereocenters. The summed E-state index contributed by atoms with van der Waals surface area (Å²) >= 11 is 0. The second kappa shape index (κ2) is 8.30. The first-order chi connectivity index (χ1) is 13.3. The minimum absolute atomic E-state index is 0.198. The van der Waals surface area contributed by atoms with Crippen LogP contribution in [0.25, 0.3) is 0 Å². The summed E-state index contributed by atoms with van der Waals surface area (Å²) in [7, 11) is 0. The van der Waals surface area contributed by atoms with Gasteiger partial charge in [-0.1, -0.05) is 0 Å². The van der Waals surface area contributed by atoms with Gasteiger partial charge in [-0.3, -0.25) is 9.89 Å². The van der Waals surface area contributed by atoms with Gasteiger partial charge in [-0.2, -0.15) is 5.10 Å². The largest absolute Gasteiger partial charge is 0.487 e. The van der Waals surface area contributed by atoms with Crippen LogP contribution in [0.2, 0.25) is 0 Å². The number of carbonyl (C=O) groups excluding carboxylic acids is 1. The van der Waals surface area contributed by atoms with Crippen LogP contribution in [0.15, 0.2) is 24.3 Å². The minimum atomic E-state index is -0.198. The van der Waals surface area contributed by atoms with E-state index < -0.39 is 0 Å². The van der Waals surface area contributed by atoms with Gasteiger partial charge in [0.15, 0.2) is 11.5 Å². The van der Waals surface area contributed by atoms with Crippen LogP contribution in [-0.2, 0) is 11.3 Å². The Morgan fingerprint density at radius 1 is 1.26 bits per heavy atom. The van der Waals surface area contributed by atoms with Crippen molar-refractivity contribution in [3.05, 3.63) is 35.7 Å². The van der Waals surface area contributed by atoms with Crippen LogP contribution in [-0.4, -0.2) is 42.2 Å². The quantitative estimate of drug-likeness (QED) is 0.774. The number of nitrogens with one attached hydrogen (secondary N) is 2. The van der Waals surface area contributed by atoms with Crippen molar-refractivity contribution in [1.29, 1.82) is 0 Å². The van der Waals surface area contributed by atoms with E-state index in [1.165, 1.54) is 6.42 Å². The molecule has 4 rings (SSSR count). The number of H-pyrrole nitrogens is 1. The first kappa shape index (κ1) is 17.7. The van der Waals surface area contributed by atoms with Crippen molar-refractivity contribution in [3.8, 4) is 17.2 Å². The van der Waals surface area contributed by atoms with Gasteiger partial charge in [-0.15, -0.1) is 0 Å². The Morgan fingerprint density at radius 3 is 3.07 bits per heavy atom. The molecule has 27 heavy (non-hydrogen) atoms. The number of aromatic amines is 1. The molecule has 1 amide bonds. The molecule has 8 nitrogen and oxygen atoms in total. The zero-order valence-corrected chi connectivity index (χ0v) is 15.0. The summed E-state index contributed by atoms with van der Waals surface area (Å²) in [5.74, 6) is 1.84. The van der Waals surface area contributed by atoms with E-state index in [-0.39, 0.29) is 25.4 Å². The number of rotatable bonds is 7. The summed E-state index contributed by atoms with van der Waals surface area (Å²) in [5.41, 5.74) is 1.07. The molecule has 1 aromatic heterocycles. The average molecular weight is 373 g/mol. The van der Waals surface area contributed by atoms with E-state index >= 15 is 0 Å². The molecule has 0 aliphatic carbocycles. The molecule has 0 unspecified atom stereocenters. The minimum Gasteiger partial charge on any atom is -0.487 e. The smallest absolute Gasteiger partial charge is 0.271 e. The molecule has 0 bridgehead atoms. The molecule has 2 aromatic rings. The fraction of sp³-hybridized carbons (Fsp3) is 0.474. The van der Waals surface area contributed by atoms with Crippen LogP contribution in [0.3, 0.4) is 0 Å². The van der Waals surface area contributed by atoms with Crippen LogP contribution in [0.5, 0.6) is 17.2 Å². The summed E-state index contributed by atoms with van der Waals surface area (Å²) in [6.07, 6.45) is 4.48. The van der Waals surface area contributed by atoms with E-state index in [0.717, 1.165) is 25.9 Å². The van der Waals surface area contributed by atoms with Crippen molar-refractivity contribution in [3.63, 3.8) is 0 Å². The summed E-state index contributed by atoms with van der Waals surface area (Å²) in [6, 6.07) is 7.09. The van der Waals surface area contributed by atoms with Gasteiger partial charge in [-0.25, -0.2) is 0 Å². The van der Waals surface area contributed by atoms with Gasteiger partial charge >= 0.3 is 0 Å². The SMILES string of the molecule is O=C(NCC[C@@H]1CCCCO1)c1cc(COc2ccc3c(c2)OCO3)[nH]n1. The lowest BCUT2D eigenvalue weighted by atomic mass is 10.1. The Labute approximate surface area is 157 Å². The number of ether oxygens (including phenoxy) is 4. The lowest BCUT2D eigenvalue weighted by molar-refractivity contribution is 0.0117. The van der Waals surface area contributed by atoms with E-state index in [9.17, 15) is 4.79 Å². The van der Waals surface area contributed by atoms with Gasteiger partial charge in [-0.05, 0) is 43.9 Å². The molecule has 1 saturated heterocycles. The van der Waals surface area contributed by atoms with Crippen LogP contribution >= 0.6 is 0 Å². The first-order valence-electron chi connectivity index (χ1n) is 9.24. The predicted octanol–water partition coefficient (Wildman–Crippen LogP) is 2.41. The highest BCUT2D eigenvalue weighted by molar-refractivity contribution is 5.92. The first-order valence-corrected chi connectivity index (χ1v) is 9.24. The number of amides is 1. The van der Waals surface area contributed by atoms with Crippen LogP contribution in [0.4, 0.5) is 0 Å². The molecule has 8 heteroatoms. The lowest BCUT2D eigenvalue weighted by Gasteiger charge is -2.22. The van der Waals surface area contributed by atoms with Crippen molar-refractivity contribution in [2.45, 2.75) is 38.4 Å². The Kier molecular flexibility index (Phi) is 5.43. The van der Waals surface area contributed by atoms with E-state index in [1.54, 1.807) is 18.2 Å². The number of benzene rings is 1. The average Bonchev–Trinajstić information content (AvgIpc) is 3.36. The van der Waals surface area contributed by atoms with Crippen LogP contribution in [0, 0.1) is 0 Å². The third-order valence-electron chi connectivity index (χ3n) is 4.63. The maximum absolute atomic E-state index is 12.2. The second-order valence-electron chi connectivity index (χ2n) is 6.62. The zero-order chi connectivity index (χ0) is 18.5. The number of fused-ring (bicyclic) bond motifs is 1. The van der Waals surface area contributed by atoms with Crippen molar-refractivity contribution >= 4 is 5.91 Å². The van der Waals surface area contributed by atoms with Gasteiger partial charge in [0.1, 0.15) is 18.1 Å². The van der Waals surface area contributed by atoms with Gasteiger partial charge < -0.3 is 24.3 Å². The summed E-state index contributed by atoms with van der Waals surface area (Å²) in [5, 5.41) is 9.78. The third kappa shape index (κ3) is 4.51. The molecule has 0 spiro atoms. The standard InChI is InChI=1S/C19H23N3O5/c23-19(20-7-6-14-3-1-2-8-24-14)16-9-13(21-22-16)11-25-15-4-5-17-18(10-15)27-12-26-17/h4-5,9-10,14H,1-3,6-8,11-12H2,(H,20,23)(H,21,22)/t14-/m0/s1. The van der Waals surface area contributed by atoms with Gasteiger partial charge in [0, 0.05) is 19.2 Å². The number of hydrogen-bond acceptors (Lipinski definition) is 6. The topological polar surface area (TPSA) is 94.7 Å². The predicted molar refractivity (Wildman–Crippen MR) is 96.0 cm³/mol. The van der Waals surface area contributed by atoms with E-state index in [0.29, 0.717) is 35.2 Å². The molecule has 144 valence electrons. The van der Waals surface area contributed by atoms with E-state index in [4.69, 9.17) is 18.9 Å². The molecule has 1 aromatic carbocycles. The molecule has 3 heterocycles. The second-order valence-corrected chi connectivity index (χ2v) is 6.62. The summed E-state index contributed by atoms with van der Waals surface area (Å²) in [6.45, 7) is 1.91. The fourth-order valence-electron chi connectivity index (χ4n) is 3.15. The zero-order valence-electron chi connectivity index (χ0n) is 15.0. The fourth-order valence-corrected chi connectivity index (χ4v) is 3.15. The Balaban J connectivity index is 1.23. The van der Waals surface area contributed by atoms with Crippen LogP contribution < -0.4 is 19.5 Å². The van der Waals surface area contributed by atoms with E-state index in [1.807, 2.05) is 6.07 Å². The molecule has 0 radical (unpaired) electrons. The highest BCUT2D eigenvalue weighted by Crippen LogP contribution is 2.35. The van der Waals surface area contributed by atoms with Crippen molar-refractivity contribution in [2.75, 3.05) is 19.9 Å². The van der Waals surface area contributed by atoms with Gasteiger partial charge in [0.2, 0.25) is 6.79 Å². The van der Waals surface area contributed by atoms with Crippen molar-refractivity contribution in [2.24, 2.45) is 0 Å². The Bertz CT molecular complexity index is 785. The molecule has 0 saturated carbocycles. The highest BCUT2D eigenvalue weighted by Gasteiger charge is 2.16. The third-order valence-corrected chi connectivity index (χ3v) is 4.63.